The lowest BCUT2D eigenvalue weighted by molar-refractivity contribution is 0.406. The second kappa shape index (κ2) is 3.54. The molecule has 4 nitrogen and oxygen atoms in total. The van der Waals surface area contributed by atoms with E-state index in [1.807, 2.05) is 6.33 Å². The van der Waals surface area contributed by atoms with Crippen molar-refractivity contribution in [3.63, 3.8) is 0 Å². The van der Waals surface area contributed by atoms with E-state index in [0.717, 1.165) is 16.9 Å². The number of rotatable bonds is 1. The molecule has 0 N–H and O–H groups in total. The first kappa shape index (κ1) is 11.0. The quantitative estimate of drug-likeness (QED) is 0.739. The molecular weight excluding hydrogens is 200 g/mol. The summed E-state index contributed by atoms with van der Waals surface area (Å²) < 4.78 is 2.09. The molecule has 4 heteroatoms. The Morgan fingerprint density at radius 3 is 2.38 bits per heavy atom. The van der Waals surface area contributed by atoms with Gasteiger partial charge in [0.25, 0.3) is 0 Å². The second-order valence-corrected chi connectivity index (χ2v) is 5.37. The van der Waals surface area contributed by atoms with Crippen LogP contribution in [0.4, 0.5) is 0 Å². The van der Waals surface area contributed by atoms with Crippen LogP contribution in [0.2, 0.25) is 0 Å². The van der Waals surface area contributed by atoms with Crippen molar-refractivity contribution in [2.45, 2.75) is 46.1 Å². The van der Waals surface area contributed by atoms with E-state index in [1.165, 1.54) is 0 Å². The van der Waals surface area contributed by atoms with Crippen LogP contribution in [0.5, 0.6) is 0 Å². The summed E-state index contributed by atoms with van der Waals surface area (Å²) in [6.45, 7) is 10.7. The topological polar surface area (TPSA) is 43.6 Å². The summed E-state index contributed by atoms with van der Waals surface area (Å²) in [7, 11) is 0. The van der Waals surface area contributed by atoms with Gasteiger partial charge in [0.05, 0.1) is 12.0 Å². The molecule has 0 aliphatic heterocycles. The van der Waals surface area contributed by atoms with E-state index in [2.05, 4.69) is 54.1 Å². The Labute approximate surface area is 95.7 Å². The fourth-order valence-corrected chi connectivity index (χ4v) is 1.77. The van der Waals surface area contributed by atoms with E-state index in [4.69, 9.17) is 0 Å². The predicted molar refractivity (Wildman–Crippen MR) is 64.4 cm³/mol. The first-order valence-electron chi connectivity index (χ1n) is 5.59. The summed E-state index contributed by atoms with van der Waals surface area (Å²) in [5.41, 5.74) is 2.86. The molecule has 0 saturated heterocycles. The van der Waals surface area contributed by atoms with Crippen molar-refractivity contribution in [1.82, 2.24) is 19.5 Å². The van der Waals surface area contributed by atoms with Gasteiger partial charge in [0.15, 0.2) is 5.65 Å². The van der Waals surface area contributed by atoms with Gasteiger partial charge in [-0.3, -0.25) is 0 Å². The monoisotopic (exact) mass is 218 g/mol. The van der Waals surface area contributed by atoms with E-state index >= 15 is 0 Å². The van der Waals surface area contributed by atoms with Crippen molar-refractivity contribution in [3.8, 4) is 0 Å². The number of fused-ring (bicyclic) bond motifs is 1. The Hall–Kier alpha value is -1.45. The van der Waals surface area contributed by atoms with Gasteiger partial charge < -0.3 is 4.57 Å². The third kappa shape index (κ3) is 1.68. The van der Waals surface area contributed by atoms with Crippen molar-refractivity contribution < 1.29 is 0 Å². The van der Waals surface area contributed by atoms with Gasteiger partial charge in [-0.1, -0.05) is 13.8 Å². The molecule has 0 radical (unpaired) electrons. The summed E-state index contributed by atoms with van der Waals surface area (Å²) in [4.78, 5) is 13.1. The largest absolute Gasteiger partial charge is 0.310 e. The van der Waals surface area contributed by atoms with E-state index < -0.39 is 0 Å². The maximum Gasteiger partial charge on any atom is 0.163 e. The van der Waals surface area contributed by atoms with Crippen LogP contribution in [0.15, 0.2) is 12.7 Å². The van der Waals surface area contributed by atoms with Crippen molar-refractivity contribution >= 4 is 11.2 Å². The van der Waals surface area contributed by atoms with E-state index in [0.29, 0.717) is 5.92 Å². The van der Waals surface area contributed by atoms with Gasteiger partial charge in [-0.15, -0.1) is 0 Å². The van der Waals surface area contributed by atoms with Crippen LogP contribution in [0.25, 0.3) is 11.2 Å². The summed E-state index contributed by atoms with van der Waals surface area (Å²) in [5.74, 6) is 0.369. The van der Waals surface area contributed by atoms with Crippen molar-refractivity contribution in [2.75, 3.05) is 0 Å². The van der Waals surface area contributed by atoms with Crippen molar-refractivity contribution in [1.29, 1.82) is 0 Å². The molecule has 0 bridgehead atoms. The summed E-state index contributed by atoms with van der Waals surface area (Å²) in [6.07, 6.45) is 3.48. The third-order valence-electron chi connectivity index (χ3n) is 2.63. The molecule has 0 unspecified atom stereocenters. The van der Waals surface area contributed by atoms with Gasteiger partial charge in [-0.2, -0.15) is 0 Å². The molecule has 0 aromatic carbocycles. The fraction of sp³-hybridized carbons (Fsp3) is 0.583. The van der Waals surface area contributed by atoms with Crippen molar-refractivity contribution in [3.05, 3.63) is 18.3 Å². The molecule has 0 spiro atoms. The van der Waals surface area contributed by atoms with Gasteiger partial charge in [-0.25, -0.2) is 15.0 Å². The first-order valence-corrected chi connectivity index (χ1v) is 5.59. The molecule has 2 heterocycles. The fourth-order valence-electron chi connectivity index (χ4n) is 1.77. The predicted octanol–water partition coefficient (Wildman–Crippen LogP) is 2.70. The second-order valence-electron chi connectivity index (χ2n) is 5.37. The number of nitrogens with zero attached hydrogens (tertiary/aromatic N) is 4. The Balaban J connectivity index is 2.71. The first-order chi connectivity index (χ1) is 7.41. The standard InChI is InChI=1S/C12H18N4/c1-8(2)9-10-11(14-6-13-9)16(7-15-10)12(3,4)5/h6-8H,1-5H3. The zero-order valence-electron chi connectivity index (χ0n) is 10.5. The van der Waals surface area contributed by atoms with Gasteiger partial charge in [0.1, 0.15) is 11.8 Å². The van der Waals surface area contributed by atoms with Crippen LogP contribution in [-0.4, -0.2) is 19.5 Å². The number of hydrogen-bond donors (Lipinski definition) is 0. The van der Waals surface area contributed by atoms with E-state index in [-0.39, 0.29) is 5.54 Å². The molecule has 0 amide bonds. The molecule has 2 aromatic heterocycles. The molecule has 0 saturated carbocycles. The highest BCUT2D eigenvalue weighted by Gasteiger charge is 2.19. The maximum atomic E-state index is 4.44. The van der Waals surface area contributed by atoms with Crippen LogP contribution in [0.3, 0.4) is 0 Å². The lowest BCUT2D eigenvalue weighted by Gasteiger charge is -2.20. The van der Waals surface area contributed by atoms with Crippen LogP contribution in [-0.2, 0) is 5.54 Å². The molecule has 2 rings (SSSR count). The SMILES string of the molecule is CC(C)c1ncnc2c1ncn2C(C)(C)C. The minimum absolute atomic E-state index is 0.00263. The molecule has 0 aliphatic rings. The van der Waals surface area contributed by atoms with E-state index in [9.17, 15) is 0 Å². The van der Waals surface area contributed by atoms with Gasteiger partial charge in [0.2, 0.25) is 0 Å². The molecular formula is C12H18N4. The summed E-state index contributed by atoms with van der Waals surface area (Å²) in [6, 6.07) is 0. The minimum atomic E-state index is -0.00263. The Bertz CT molecular complexity index is 505. The maximum absolute atomic E-state index is 4.44. The van der Waals surface area contributed by atoms with Gasteiger partial charge >= 0.3 is 0 Å². The van der Waals surface area contributed by atoms with Crippen LogP contribution in [0.1, 0.15) is 46.2 Å². The van der Waals surface area contributed by atoms with E-state index in [1.54, 1.807) is 6.33 Å². The molecule has 2 aromatic rings. The molecule has 86 valence electrons. The normalized spacial score (nSPS) is 12.6. The number of imidazole rings is 1. The molecule has 0 fully saturated rings. The molecule has 0 aliphatic carbocycles. The Morgan fingerprint density at radius 1 is 1.12 bits per heavy atom. The van der Waals surface area contributed by atoms with Crippen LogP contribution < -0.4 is 0 Å². The van der Waals surface area contributed by atoms with Crippen molar-refractivity contribution in [2.24, 2.45) is 0 Å². The highest BCUT2D eigenvalue weighted by Crippen LogP contribution is 2.24. The molecule has 16 heavy (non-hydrogen) atoms. The van der Waals surface area contributed by atoms with Crippen LogP contribution >= 0.6 is 0 Å². The highest BCUT2D eigenvalue weighted by molar-refractivity contribution is 5.73. The lowest BCUT2D eigenvalue weighted by atomic mass is 10.1. The number of hydrogen-bond acceptors (Lipinski definition) is 3. The highest BCUT2D eigenvalue weighted by atomic mass is 15.2. The third-order valence-corrected chi connectivity index (χ3v) is 2.63. The Morgan fingerprint density at radius 2 is 1.81 bits per heavy atom. The average molecular weight is 218 g/mol. The average Bonchev–Trinajstić information content (AvgIpc) is 2.59. The summed E-state index contributed by atoms with van der Waals surface area (Å²) in [5, 5.41) is 0. The zero-order chi connectivity index (χ0) is 11.9. The number of aromatic nitrogens is 4. The minimum Gasteiger partial charge on any atom is -0.310 e. The Kier molecular flexibility index (Phi) is 2.45. The smallest absolute Gasteiger partial charge is 0.163 e. The lowest BCUT2D eigenvalue weighted by Crippen LogP contribution is -2.21. The van der Waals surface area contributed by atoms with Gasteiger partial charge in [-0.05, 0) is 26.7 Å². The van der Waals surface area contributed by atoms with Gasteiger partial charge in [0, 0.05) is 5.54 Å². The zero-order valence-corrected chi connectivity index (χ0v) is 10.5. The van der Waals surface area contributed by atoms with Crippen LogP contribution in [0, 0.1) is 0 Å². The molecule has 0 atom stereocenters. The summed E-state index contributed by atoms with van der Waals surface area (Å²) >= 11 is 0.